The van der Waals surface area contributed by atoms with Crippen LogP contribution in [0.15, 0.2) is 0 Å². The van der Waals surface area contributed by atoms with Crippen LogP contribution in [-0.2, 0) is 19.3 Å². The minimum absolute atomic E-state index is 0.00315. The molecule has 15 heavy (non-hydrogen) atoms. The van der Waals surface area contributed by atoms with Crippen molar-refractivity contribution in [3.63, 3.8) is 0 Å². The Balaban J connectivity index is 3.39. The van der Waals surface area contributed by atoms with Crippen LogP contribution in [0.25, 0.3) is 0 Å². The molecule has 0 radical (unpaired) electrons. The van der Waals surface area contributed by atoms with Crippen molar-refractivity contribution in [2.45, 2.75) is 12.4 Å². The molecule has 0 N–H and O–H groups in total. The molecule has 0 spiro atoms. The fraction of sp³-hybridized carbons (Fsp3) is 1.00. The molecule has 0 saturated carbocycles. The van der Waals surface area contributed by atoms with Gasteiger partial charge in [-0.25, -0.2) is 17.2 Å². The smallest absolute Gasteiger partial charge is 0.198 e. The van der Waals surface area contributed by atoms with E-state index in [4.69, 9.17) is 9.47 Å². The number of alkyl halides is 2. The summed E-state index contributed by atoms with van der Waals surface area (Å²) in [4.78, 5) is 0. The number of hydrogen-bond donors (Lipinski definition) is 0. The van der Waals surface area contributed by atoms with E-state index in [-0.39, 0.29) is 32.2 Å². The molecule has 0 bridgehead atoms. The molecule has 0 fully saturated rings. The Labute approximate surface area is 88.5 Å². The Morgan fingerprint density at radius 3 is 2.13 bits per heavy atom. The lowest BCUT2D eigenvalue weighted by Gasteiger charge is -2.06. The third-order valence-corrected chi connectivity index (χ3v) is 3.33. The largest absolute Gasteiger partial charge is 0.378 e. The third-order valence-electron chi connectivity index (χ3n) is 1.60. The number of sulfone groups is 1. The fourth-order valence-electron chi connectivity index (χ4n) is 0.714. The van der Waals surface area contributed by atoms with Gasteiger partial charge in [0.2, 0.25) is 0 Å². The molecule has 0 aliphatic rings. The first-order valence-corrected chi connectivity index (χ1v) is 6.29. The molecule has 0 aromatic heterocycles. The Bertz CT molecular complexity index is 241. The predicted molar refractivity (Wildman–Crippen MR) is 52.0 cm³/mol. The molecule has 0 aromatic carbocycles. The maximum atomic E-state index is 12.4. The molecule has 4 nitrogen and oxygen atoms in total. The maximum Gasteiger partial charge on any atom is 0.198 e. The van der Waals surface area contributed by atoms with E-state index in [9.17, 15) is 17.2 Å². The molecule has 0 amide bonds. The van der Waals surface area contributed by atoms with Gasteiger partial charge in [0.05, 0.1) is 32.2 Å². The first kappa shape index (κ1) is 14.7. The molecule has 1 unspecified atom stereocenters. The normalized spacial score (nSPS) is 14.1. The van der Waals surface area contributed by atoms with Gasteiger partial charge in [-0.15, -0.1) is 0 Å². The average Bonchev–Trinajstić information content (AvgIpc) is 2.16. The second-order valence-corrected chi connectivity index (χ2v) is 5.21. The van der Waals surface area contributed by atoms with Crippen molar-refractivity contribution in [2.75, 3.05) is 38.9 Å². The highest BCUT2D eigenvalue weighted by molar-refractivity contribution is 7.91. The standard InChI is InChI=1S/C8H16F2O4S/c1-8(10)15(11,12)7-6-14-5-4-13-3-2-9/h8H,2-7H2,1H3. The number of hydrogen-bond acceptors (Lipinski definition) is 4. The molecule has 1 atom stereocenters. The SMILES string of the molecule is CC(F)S(=O)(=O)CCOCCOCCF. The maximum absolute atomic E-state index is 12.4. The van der Waals surface area contributed by atoms with Gasteiger partial charge in [0.25, 0.3) is 0 Å². The Morgan fingerprint density at radius 1 is 1.13 bits per heavy atom. The predicted octanol–water partition coefficient (Wildman–Crippen LogP) is 0.719. The fourth-order valence-corrected chi connectivity index (χ4v) is 1.39. The van der Waals surface area contributed by atoms with Crippen molar-refractivity contribution in [1.29, 1.82) is 0 Å². The van der Waals surface area contributed by atoms with Gasteiger partial charge in [-0.3, -0.25) is 0 Å². The highest BCUT2D eigenvalue weighted by Crippen LogP contribution is 2.02. The lowest BCUT2D eigenvalue weighted by Crippen LogP contribution is -2.20. The molecular formula is C8H16F2O4S. The summed E-state index contributed by atoms with van der Waals surface area (Å²) in [6, 6.07) is 0. The van der Waals surface area contributed by atoms with Crippen LogP contribution in [0.3, 0.4) is 0 Å². The molecular weight excluding hydrogens is 230 g/mol. The van der Waals surface area contributed by atoms with Crippen LogP contribution in [0, 0.1) is 0 Å². The van der Waals surface area contributed by atoms with Gasteiger partial charge >= 0.3 is 0 Å². The summed E-state index contributed by atoms with van der Waals surface area (Å²) in [5.74, 6) is -0.353. The zero-order chi connectivity index (χ0) is 11.7. The van der Waals surface area contributed by atoms with E-state index >= 15 is 0 Å². The zero-order valence-corrected chi connectivity index (χ0v) is 9.43. The van der Waals surface area contributed by atoms with Crippen LogP contribution in [0.2, 0.25) is 0 Å². The second kappa shape index (κ2) is 7.95. The minimum atomic E-state index is -3.69. The average molecular weight is 246 g/mol. The van der Waals surface area contributed by atoms with Crippen molar-refractivity contribution in [1.82, 2.24) is 0 Å². The Kier molecular flexibility index (Phi) is 7.81. The van der Waals surface area contributed by atoms with Gasteiger partial charge in [0.15, 0.2) is 15.3 Å². The van der Waals surface area contributed by atoms with Crippen molar-refractivity contribution in [2.24, 2.45) is 0 Å². The number of ether oxygens (including phenoxy) is 2. The first-order chi connectivity index (χ1) is 7.00. The van der Waals surface area contributed by atoms with Crippen molar-refractivity contribution >= 4 is 9.84 Å². The Hall–Kier alpha value is -0.270. The van der Waals surface area contributed by atoms with Gasteiger partial charge in [-0.2, -0.15) is 0 Å². The summed E-state index contributed by atoms with van der Waals surface area (Å²) in [5, 5.41) is 0. The summed E-state index contributed by atoms with van der Waals surface area (Å²) in [6.07, 6.45) is 0. The van der Waals surface area contributed by atoms with E-state index < -0.39 is 22.0 Å². The van der Waals surface area contributed by atoms with E-state index in [0.717, 1.165) is 6.92 Å². The van der Waals surface area contributed by atoms with E-state index in [1.54, 1.807) is 0 Å². The molecule has 7 heteroatoms. The van der Waals surface area contributed by atoms with Gasteiger partial charge in [-0.1, -0.05) is 0 Å². The Morgan fingerprint density at radius 2 is 1.67 bits per heavy atom. The zero-order valence-electron chi connectivity index (χ0n) is 8.62. The molecule has 92 valence electrons. The molecule has 0 rings (SSSR count). The van der Waals surface area contributed by atoms with Gasteiger partial charge < -0.3 is 9.47 Å². The molecule has 0 saturated heterocycles. The monoisotopic (exact) mass is 246 g/mol. The van der Waals surface area contributed by atoms with Crippen LogP contribution in [0.1, 0.15) is 6.92 Å². The summed E-state index contributed by atoms with van der Waals surface area (Å²) in [6.45, 7) is 0.720. The molecule has 0 aliphatic heterocycles. The second-order valence-electron chi connectivity index (χ2n) is 2.82. The third kappa shape index (κ3) is 7.64. The summed E-state index contributed by atoms with van der Waals surface area (Å²) in [7, 11) is -3.69. The van der Waals surface area contributed by atoms with Crippen molar-refractivity contribution in [3.8, 4) is 0 Å². The van der Waals surface area contributed by atoms with Crippen LogP contribution in [0.5, 0.6) is 0 Å². The van der Waals surface area contributed by atoms with E-state index in [1.807, 2.05) is 0 Å². The van der Waals surface area contributed by atoms with Gasteiger partial charge in [0.1, 0.15) is 6.67 Å². The number of halogens is 2. The molecule has 0 heterocycles. The van der Waals surface area contributed by atoms with Crippen LogP contribution >= 0.6 is 0 Å². The minimum Gasteiger partial charge on any atom is -0.378 e. The van der Waals surface area contributed by atoms with Crippen molar-refractivity contribution in [3.05, 3.63) is 0 Å². The first-order valence-electron chi connectivity index (χ1n) is 4.58. The van der Waals surface area contributed by atoms with E-state index in [0.29, 0.717) is 0 Å². The van der Waals surface area contributed by atoms with E-state index in [1.165, 1.54) is 0 Å². The highest BCUT2D eigenvalue weighted by Gasteiger charge is 2.18. The quantitative estimate of drug-likeness (QED) is 0.562. The molecule has 0 aliphatic carbocycles. The lowest BCUT2D eigenvalue weighted by atomic mass is 10.7. The summed E-state index contributed by atoms with van der Waals surface area (Å²) in [5.41, 5.74) is -1.87. The van der Waals surface area contributed by atoms with Crippen LogP contribution in [0.4, 0.5) is 8.78 Å². The number of rotatable bonds is 9. The van der Waals surface area contributed by atoms with E-state index in [2.05, 4.69) is 0 Å². The summed E-state index contributed by atoms with van der Waals surface area (Å²) >= 11 is 0. The lowest BCUT2D eigenvalue weighted by molar-refractivity contribution is 0.0480. The summed E-state index contributed by atoms with van der Waals surface area (Å²) < 4.78 is 55.4. The topological polar surface area (TPSA) is 52.6 Å². The van der Waals surface area contributed by atoms with Crippen LogP contribution in [-0.4, -0.2) is 52.8 Å². The van der Waals surface area contributed by atoms with Crippen LogP contribution < -0.4 is 0 Å². The van der Waals surface area contributed by atoms with Crippen molar-refractivity contribution < 1.29 is 26.7 Å². The van der Waals surface area contributed by atoms with Gasteiger partial charge in [0, 0.05) is 0 Å². The van der Waals surface area contributed by atoms with Gasteiger partial charge in [-0.05, 0) is 6.92 Å². The highest BCUT2D eigenvalue weighted by atomic mass is 32.2. The molecule has 0 aromatic rings.